The number of ether oxygens (including phenoxy) is 1. The van der Waals surface area contributed by atoms with Crippen LogP contribution in [0.3, 0.4) is 0 Å². The molecule has 4 rings (SSSR count). The Morgan fingerprint density at radius 1 is 1.20 bits per heavy atom. The van der Waals surface area contributed by atoms with Crippen LogP contribution in [0.5, 0.6) is 0 Å². The van der Waals surface area contributed by atoms with Gasteiger partial charge < -0.3 is 15.0 Å². The highest BCUT2D eigenvalue weighted by Gasteiger charge is 2.55. The third kappa shape index (κ3) is 4.08. The molecule has 1 N–H and O–H groups in total. The van der Waals surface area contributed by atoms with Gasteiger partial charge in [0.25, 0.3) is 5.91 Å². The lowest BCUT2D eigenvalue weighted by Crippen LogP contribution is -2.58. The van der Waals surface area contributed by atoms with Crippen LogP contribution >= 0.6 is 0 Å². The summed E-state index contributed by atoms with van der Waals surface area (Å²) in [5, 5.41) is 2.90. The molecule has 7 heteroatoms. The molecule has 2 heterocycles. The summed E-state index contributed by atoms with van der Waals surface area (Å²) in [5.74, 6) is -0.328. The Hall–Kier alpha value is -2.41. The number of imide groups is 1. The molecule has 2 atom stereocenters. The van der Waals surface area contributed by atoms with E-state index in [-0.39, 0.29) is 30.4 Å². The van der Waals surface area contributed by atoms with Crippen LogP contribution in [0.1, 0.15) is 44.6 Å². The van der Waals surface area contributed by atoms with Crippen LogP contribution in [0.4, 0.5) is 4.79 Å². The first kappa shape index (κ1) is 20.8. The van der Waals surface area contributed by atoms with E-state index in [4.69, 9.17) is 4.74 Å². The standard InChI is InChI=1S/C23H31N3O4/c1-17-8-5-6-12-23(17)21(28)26(22(29)24-23)16-20(27)25-14-19(15-25)30-13-7-11-18-9-3-2-4-10-18/h2-4,9-10,17,19H,5-8,11-16H2,1H3,(H,24,29). The zero-order chi connectivity index (χ0) is 21.1. The van der Waals surface area contributed by atoms with Crippen molar-refractivity contribution in [1.82, 2.24) is 15.1 Å². The molecule has 3 fully saturated rings. The maximum atomic E-state index is 13.0. The second kappa shape index (κ2) is 8.76. The lowest BCUT2D eigenvalue weighted by molar-refractivity contribution is -0.149. The van der Waals surface area contributed by atoms with Gasteiger partial charge in [-0.05, 0) is 37.2 Å². The number of rotatable bonds is 7. The number of nitrogens with one attached hydrogen (secondary N) is 1. The van der Waals surface area contributed by atoms with Crippen molar-refractivity contribution in [2.45, 2.75) is 57.1 Å². The number of likely N-dealkylation sites (tertiary alicyclic amines) is 1. The number of carbonyl (C=O) groups excluding carboxylic acids is 3. The van der Waals surface area contributed by atoms with Gasteiger partial charge in [-0.25, -0.2) is 4.79 Å². The third-order valence-corrected chi connectivity index (χ3v) is 6.80. The summed E-state index contributed by atoms with van der Waals surface area (Å²) in [5.41, 5.74) is 0.486. The van der Waals surface area contributed by atoms with Crippen LogP contribution in [-0.2, 0) is 20.7 Å². The highest BCUT2D eigenvalue weighted by atomic mass is 16.5. The molecule has 2 saturated heterocycles. The van der Waals surface area contributed by atoms with Crippen molar-refractivity contribution in [3.8, 4) is 0 Å². The number of nitrogens with zero attached hydrogens (tertiary/aromatic N) is 2. The normalized spacial score (nSPS) is 26.8. The molecule has 162 valence electrons. The molecule has 7 nitrogen and oxygen atoms in total. The van der Waals surface area contributed by atoms with Gasteiger partial charge in [-0.15, -0.1) is 0 Å². The van der Waals surface area contributed by atoms with Crippen LogP contribution in [-0.4, -0.2) is 65.5 Å². The van der Waals surface area contributed by atoms with Gasteiger partial charge in [0.1, 0.15) is 12.1 Å². The molecule has 1 spiro atoms. The number of hydrogen-bond acceptors (Lipinski definition) is 4. The predicted molar refractivity (Wildman–Crippen MR) is 112 cm³/mol. The van der Waals surface area contributed by atoms with Crippen molar-refractivity contribution in [3.63, 3.8) is 0 Å². The van der Waals surface area contributed by atoms with Crippen LogP contribution in [0, 0.1) is 5.92 Å². The lowest BCUT2D eigenvalue weighted by atomic mass is 9.73. The zero-order valence-electron chi connectivity index (χ0n) is 17.6. The SMILES string of the molecule is CC1CCCCC12NC(=O)N(CC(=O)N1CC(OCCCc3ccccc3)C1)C2=O. The summed E-state index contributed by atoms with van der Waals surface area (Å²) in [6, 6.07) is 9.86. The molecule has 0 radical (unpaired) electrons. The van der Waals surface area contributed by atoms with Crippen molar-refractivity contribution in [1.29, 1.82) is 0 Å². The highest BCUT2D eigenvalue weighted by Crippen LogP contribution is 2.38. The Balaban J connectivity index is 1.19. The molecule has 1 aromatic rings. The Morgan fingerprint density at radius 3 is 2.70 bits per heavy atom. The fraction of sp³-hybridized carbons (Fsp3) is 0.609. The second-order valence-electron chi connectivity index (χ2n) is 8.82. The summed E-state index contributed by atoms with van der Waals surface area (Å²) in [4.78, 5) is 40.7. The summed E-state index contributed by atoms with van der Waals surface area (Å²) in [6.45, 7) is 3.54. The van der Waals surface area contributed by atoms with Gasteiger partial charge in [-0.1, -0.05) is 50.1 Å². The van der Waals surface area contributed by atoms with E-state index in [1.807, 2.05) is 25.1 Å². The Labute approximate surface area is 177 Å². The summed E-state index contributed by atoms with van der Waals surface area (Å²) < 4.78 is 5.84. The highest BCUT2D eigenvalue weighted by molar-refractivity contribution is 6.09. The smallest absolute Gasteiger partial charge is 0.325 e. The van der Waals surface area contributed by atoms with Gasteiger partial charge in [0.05, 0.1) is 6.10 Å². The molecule has 1 aliphatic carbocycles. The minimum Gasteiger partial charge on any atom is -0.375 e. The molecular weight excluding hydrogens is 382 g/mol. The maximum Gasteiger partial charge on any atom is 0.325 e. The summed E-state index contributed by atoms with van der Waals surface area (Å²) in [7, 11) is 0. The van der Waals surface area contributed by atoms with Crippen LogP contribution in [0.25, 0.3) is 0 Å². The number of amides is 4. The molecule has 2 aliphatic heterocycles. The average molecular weight is 414 g/mol. The van der Waals surface area contributed by atoms with Crippen LogP contribution in [0.2, 0.25) is 0 Å². The fourth-order valence-electron chi connectivity index (χ4n) is 4.79. The number of aryl methyl sites for hydroxylation is 1. The quantitative estimate of drug-likeness (QED) is 0.550. The largest absolute Gasteiger partial charge is 0.375 e. The maximum absolute atomic E-state index is 13.0. The number of urea groups is 1. The molecule has 1 aromatic carbocycles. The third-order valence-electron chi connectivity index (χ3n) is 6.80. The van der Waals surface area contributed by atoms with Gasteiger partial charge in [0.2, 0.25) is 5.91 Å². The van der Waals surface area contributed by atoms with Gasteiger partial charge >= 0.3 is 6.03 Å². The molecule has 4 amide bonds. The first-order valence-electron chi connectivity index (χ1n) is 11.1. The Kier molecular flexibility index (Phi) is 6.09. The minimum atomic E-state index is -0.811. The Morgan fingerprint density at radius 2 is 1.97 bits per heavy atom. The molecule has 30 heavy (non-hydrogen) atoms. The van der Waals surface area contributed by atoms with E-state index in [1.54, 1.807) is 4.90 Å². The van der Waals surface area contributed by atoms with Gasteiger partial charge in [-0.3, -0.25) is 14.5 Å². The molecule has 0 aromatic heterocycles. The van der Waals surface area contributed by atoms with E-state index in [0.717, 1.165) is 37.0 Å². The van der Waals surface area contributed by atoms with Crippen LogP contribution < -0.4 is 5.32 Å². The van der Waals surface area contributed by atoms with E-state index < -0.39 is 11.6 Å². The van der Waals surface area contributed by atoms with Gasteiger partial charge in [0, 0.05) is 19.7 Å². The van der Waals surface area contributed by atoms with Crippen molar-refractivity contribution in [2.24, 2.45) is 5.92 Å². The first-order valence-corrected chi connectivity index (χ1v) is 11.1. The van der Waals surface area contributed by atoms with Crippen molar-refractivity contribution < 1.29 is 19.1 Å². The van der Waals surface area contributed by atoms with Gasteiger partial charge in [-0.2, -0.15) is 0 Å². The summed E-state index contributed by atoms with van der Waals surface area (Å²) in [6.07, 6.45) is 5.53. The summed E-state index contributed by atoms with van der Waals surface area (Å²) >= 11 is 0. The number of benzene rings is 1. The number of carbonyl (C=O) groups is 3. The molecule has 1 saturated carbocycles. The average Bonchev–Trinajstić information content (AvgIpc) is 2.94. The zero-order valence-corrected chi connectivity index (χ0v) is 17.6. The van der Waals surface area contributed by atoms with E-state index in [9.17, 15) is 14.4 Å². The molecule has 3 aliphatic rings. The Bertz CT molecular complexity index is 793. The monoisotopic (exact) mass is 413 g/mol. The molecular formula is C23H31N3O4. The van der Waals surface area contributed by atoms with E-state index in [1.165, 1.54) is 5.56 Å². The van der Waals surface area contributed by atoms with Crippen molar-refractivity contribution in [3.05, 3.63) is 35.9 Å². The van der Waals surface area contributed by atoms with Crippen LogP contribution in [0.15, 0.2) is 30.3 Å². The minimum absolute atomic E-state index is 0.0394. The second-order valence-corrected chi connectivity index (χ2v) is 8.82. The lowest BCUT2D eigenvalue weighted by Gasteiger charge is -2.39. The van der Waals surface area contributed by atoms with E-state index >= 15 is 0 Å². The topological polar surface area (TPSA) is 79.0 Å². The fourth-order valence-corrected chi connectivity index (χ4v) is 4.79. The predicted octanol–water partition coefficient (Wildman–Crippen LogP) is 2.35. The van der Waals surface area contributed by atoms with Crippen molar-refractivity contribution >= 4 is 17.8 Å². The number of hydrogen-bond donors (Lipinski definition) is 1. The van der Waals surface area contributed by atoms with Crippen molar-refractivity contribution in [2.75, 3.05) is 26.2 Å². The first-order chi connectivity index (χ1) is 14.5. The van der Waals surface area contributed by atoms with Gasteiger partial charge in [0.15, 0.2) is 0 Å². The molecule has 2 unspecified atom stereocenters. The van der Waals surface area contributed by atoms with E-state index in [0.29, 0.717) is 26.1 Å². The molecule has 0 bridgehead atoms. The van der Waals surface area contributed by atoms with E-state index in [2.05, 4.69) is 17.4 Å².